The molecule has 3 aromatic heterocycles. The first-order valence-electron chi connectivity index (χ1n) is 12.7. The van der Waals surface area contributed by atoms with Crippen molar-refractivity contribution in [3.8, 4) is 5.75 Å². The second-order valence-electron chi connectivity index (χ2n) is 9.99. The highest BCUT2D eigenvalue weighted by Gasteiger charge is 2.34. The summed E-state index contributed by atoms with van der Waals surface area (Å²) in [5.74, 6) is 1.36. The van der Waals surface area contributed by atoms with Crippen LogP contribution in [0.15, 0.2) is 76.9 Å². The number of benzene rings is 2. The summed E-state index contributed by atoms with van der Waals surface area (Å²) < 4.78 is 7.34. The molecule has 0 unspecified atom stereocenters. The molecule has 0 saturated heterocycles. The van der Waals surface area contributed by atoms with E-state index < -0.39 is 6.04 Å². The third-order valence-corrected chi connectivity index (χ3v) is 7.95. The van der Waals surface area contributed by atoms with Gasteiger partial charge in [0, 0.05) is 34.4 Å². The largest absolute Gasteiger partial charge is 0.497 e. The zero-order chi connectivity index (χ0) is 26.7. The Morgan fingerprint density at radius 3 is 2.61 bits per heavy atom. The number of pyridine rings is 1. The predicted octanol–water partition coefficient (Wildman–Crippen LogP) is 5.52. The Morgan fingerprint density at radius 1 is 1.08 bits per heavy atom. The van der Waals surface area contributed by atoms with E-state index in [1.807, 2.05) is 47.1 Å². The number of methoxy groups -OCH3 is 1. The van der Waals surface area contributed by atoms with Crippen LogP contribution in [0.2, 0.25) is 0 Å². The summed E-state index contributed by atoms with van der Waals surface area (Å²) >= 11 is 1.69. The molecule has 0 aliphatic heterocycles. The highest BCUT2D eigenvalue weighted by Crippen LogP contribution is 2.33. The van der Waals surface area contributed by atoms with E-state index in [2.05, 4.69) is 75.8 Å². The van der Waals surface area contributed by atoms with Crippen molar-refractivity contribution in [1.29, 1.82) is 0 Å². The lowest BCUT2D eigenvalue weighted by Crippen LogP contribution is -2.37. The summed E-state index contributed by atoms with van der Waals surface area (Å²) in [4.78, 5) is 20.3. The molecular weight excluding hydrogens is 496 g/mol. The van der Waals surface area contributed by atoms with Crippen molar-refractivity contribution < 1.29 is 4.74 Å². The second-order valence-corrected chi connectivity index (χ2v) is 11.0. The molecule has 0 radical (unpaired) electrons. The van der Waals surface area contributed by atoms with Crippen molar-refractivity contribution >= 4 is 22.2 Å². The highest BCUT2D eigenvalue weighted by molar-refractivity contribution is 7.09. The van der Waals surface area contributed by atoms with Gasteiger partial charge in [0.1, 0.15) is 11.8 Å². The van der Waals surface area contributed by atoms with Gasteiger partial charge in [-0.2, -0.15) is 0 Å². The monoisotopic (exact) mass is 528 g/mol. The number of fused-ring (bicyclic) bond motifs is 1. The Kier molecular flexibility index (Phi) is 7.40. The molecular formula is C29H32N6O2S. The van der Waals surface area contributed by atoms with Crippen molar-refractivity contribution in [2.24, 2.45) is 0 Å². The maximum atomic E-state index is 13.7. The average molecular weight is 529 g/mol. The maximum absolute atomic E-state index is 13.7. The molecule has 38 heavy (non-hydrogen) atoms. The lowest BCUT2D eigenvalue weighted by Gasteiger charge is -2.33. The van der Waals surface area contributed by atoms with E-state index in [9.17, 15) is 4.79 Å². The summed E-state index contributed by atoms with van der Waals surface area (Å²) in [5.41, 5.74) is 1.97. The van der Waals surface area contributed by atoms with Gasteiger partial charge in [0.05, 0.1) is 12.6 Å². The molecule has 0 aliphatic carbocycles. The van der Waals surface area contributed by atoms with Gasteiger partial charge in [-0.05, 0) is 72.0 Å². The number of aromatic amines is 1. The summed E-state index contributed by atoms with van der Waals surface area (Å²) in [7, 11) is 1.64. The summed E-state index contributed by atoms with van der Waals surface area (Å²) in [6.07, 6.45) is 0.826. The quantitative estimate of drug-likeness (QED) is 0.257. The smallest absolute Gasteiger partial charge is 0.253 e. The number of aromatic nitrogens is 5. The van der Waals surface area contributed by atoms with Gasteiger partial charge in [-0.25, -0.2) is 4.68 Å². The van der Waals surface area contributed by atoms with Crippen molar-refractivity contribution in [3.63, 3.8) is 0 Å². The summed E-state index contributed by atoms with van der Waals surface area (Å²) in [5, 5.41) is 16.0. The predicted molar refractivity (Wildman–Crippen MR) is 150 cm³/mol. The van der Waals surface area contributed by atoms with Crippen LogP contribution in [0.4, 0.5) is 0 Å². The first kappa shape index (κ1) is 25.8. The number of nitrogens with one attached hydrogen (secondary N) is 1. The van der Waals surface area contributed by atoms with Crippen LogP contribution in [0.3, 0.4) is 0 Å². The Morgan fingerprint density at radius 2 is 1.89 bits per heavy atom. The lowest BCUT2D eigenvalue weighted by atomic mass is 9.98. The van der Waals surface area contributed by atoms with E-state index in [1.54, 1.807) is 18.4 Å². The van der Waals surface area contributed by atoms with Gasteiger partial charge in [-0.3, -0.25) is 9.69 Å². The average Bonchev–Trinajstić information content (AvgIpc) is 3.62. The van der Waals surface area contributed by atoms with E-state index in [0.717, 1.165) is 28.6 Å². The number of H-pyrrole nitrogens is 1. The molecule has 0 bridgehead atoms. The van der Waals surface area contributed by atoms with Crippen LogP contribution >= 0.6 is 11.3 Å². The molecule has 0 saturated carbocycles. The molecule has 1 atom stereocenters. The summed E-state index contributed by atoms with van der Waals surface area (Å²) in [6, 6.07) is 21.6. The molecule has 3 heterocycles. The van der Waals surface area contributed by atoms with Crippen LogP contribution in [0.25, 0.3) is 10.9 Å². The Hall–Kier alpha value is -3.82. The van der Waals surface area contributed by atoms with Crippen LogP contribution in [-0.4, -0.2) is 37.2 Å². The van der Waals surface area contributed by atoms with Gasteiger partial charge in [0.2, 0.25) is 0 Å². The van der Waals surface area contributed by atoms with E-state index in [4.69, 9.17) is 4.74 Å². The number of ether oxygens (including phenoxy) is 1. The fourth-order valence-corrected chi connectivity index (χ4v) is 5.36. The normalized spacial score (nSPS) is 12.8. The molecule has 5 rings (SSSR count). The van der Waals surface area contributed by atoms with Gasteiger partial charge < -0.3 is 9.72 Å². The van der Waals surface area contributed by atoms with Crippen LogP contribution < -0.4 is 10.3 Å². The van der Waals surface area contributed by atoms with Crippen molar-refractivity contribution in [2.75, 3.05) is 7.11 Å². The van der Waals surface area contributed by atoms with Gasteiger partial charge in [0.25, 0.3) is 5.56 Å². The Balaban J connectivity index is 1.73. The van der Waals surface area contributed by atoms with Crippen LogP contribution in [0.5, 0.6) is 5.75 Å². The van der Waals surface area contributed by atoms with Crippen LogP contribution in [-0.2, 0) is 18.6 Å². The van der Waals surface area contributed by atoms with Crippen LogP contribution in [0.1, 0.15) is 55.1 Å². The molecule has 1 N–H and O–H groups in total. The van der Waals surface area contributed by atoms with E-state index in [1.165, 1.54) is 4.88 Å². The number of nitrogens with zero attached hydrogens (tertiary/aromatic N) is 5. The van der Waals surface area contributed by atoms with Gasteiger partial charge in [-0.15, -0.1) is 16.4 Å². The minimum Gasteiger partial charge on any atom is -0.497 e. The standard InChI is InChI=1S/C29H32N6O2S/c1-5-29(2,3)35-27(31-32-33-35)26(24-17-21-16-22(37-4)13-14-25(21)30-28(24)36)34(19-23-12-9-15-38-23)18-20-10-7-6-8-11-20/h6-17,26H,5,18-19H2,1-4H3,(H,30,36)/t26-/m0/s1. The third kappa shape index (κ3) is 5.25. The van der Waals surface area contributed by atoms with Gasteiger partial charge in [0.15, 0.2) is 5.82 Å². The number of hydrogen-bond acceptors (Lipinski definition) is 7. The van der Waals surface area contributed by atoms with Crippen LogP contribution in [0, 0.1) is 0 Å². The molecule has 0 spiro atoms. The molecule has 0 amide bonds. The third-order valence-electron chi connectivity index (χ3n) is 7.08. The zero-order valence-electron chi connectivity index (χ0n) is 22.1. The molecule has 5 aromatic rings. The molecule has 0 aliphatic rings. The Labute approximate surface area is 225 Å². The minimum absolute atomic E-state index is 0.166. The fraction of sp³-hybridized carbons (Fsp3) is 0.310. The topological polar surface area (TPSA) is 88.9 Å². The van der Waals surface area contributed by atoms with E-state index >= 15 is 0 Å². The fourth-order valence-electron chi connectivity index (χ4n) is 4.64. The first-order valence-corrected chi connectivity index (χ1v) is 13.6. The molecule has 2 aromatic carbocycles. The van der Waals surface area contributed by atoms with Gasteiger partial charge >= 0.3 is 0 Å². The number of tetrazole rings is 1. The second kappa shape index (κ2) is 10.9. The van der Waals surface area contributed by atoms with E-state index in [-0.39, 0.29) is 11.1 Å². The molecule has 0 fully saturated rings. The number of thiophene rings is 1. The SMILES string of the molecule is CCC(C)(C)n1nnnc1[C@H](c1cc2cc(OC)ccc2[nH]c1=O)N(Cc1ccccc1)Cc1cccs1. The molecule has 8 nitrogen and oxygen atoms in total. The van der Waals surface area contributed by atoms with Crippen molar-refractivity contribution in [3.05, 3.63) is 104 Å². The highest BCUT2D eigenvalue weighted by atomic mass is 32.1. The Bertz CT molecular complexity index is 1560. The van der Waals surface area contributed by atoms with Gasteiger partial charge in [-0.1, -0.05) is 43.3 Å². The maximum Gasteiger partial charge on any atom is 0.253 e. The van der Waals surface area contributed by atoms with E-state index in [0.29, 0.717) is 24.5 Å². The number of hydrogen-bond donors (Lipinski definition) is 1. The van der Waals surface area contributed by atoms with Crippen molar-refractivity contribution in [2.45, 2.75) is 51.9 Å². The minimum atomic E-state index is -0.502. The lowest BCUT2D eigenvalue weighted by molar-refractivity contribution is 0.182. The number of rotatable bonds is 10. The summed E-state index contributed by atoms with van der Waals surface area (Å²) in [6.45, 7) is 7.58. The first-order chi connectivity index (χ1) is 18.4. The molecule has 9 heteroatoms. The molecule has 196 valence electrons. The van der Waals surface area contributed by atoms with Crippen molar-refractivity contribution in [1.82, 2.24) is 30.1 Å². The zero-order valence-corrected chi connectivity index (χ0v) is 22.9.